The van der Waals surface area contributed by atoms with Crippen LogP contribution in [0.5, 0.6) is 0 Å². The third-order valence-electron chi connectivity index (χ3n) is 2.40. The number of thioether (sulfide) groups is 1. The molecule has 0 saturated carbocycles. The summed E-state index contributed by atoms with van der Waals surface area (Å²) < 4.78 is 0. The highest BCUT2D eigenvalue weighted by atomic mass is 32.2. The van der Waals surface area contributed by atoms with E-state index in [2.05, 4.69) is 0 Å². The van der Waals surface area contributed by atoms with Crippen LogP contribution in [-0.4, -0.2) is 16.3 Å². The van der Waals surface area contributed by atoms with E-state index >= 15 is 0 Å². The average molecular weight is 194 g/mol. The molecule has 68 valence electrons. The molecule has 0 saturated heterocycles. The first-order valence-electron chi connectivity index (χ1n) is 4.10. The quantitative estimate of drug-likeness (QED) is 0.685. The average Bonchev–Trinajstić information content (AvgIpc) is 2.38. The zero-order chi connectivity index (χ0) is 9.59. The molecule has 1 N–H and O–H groups in total. The maximum absolute atomic E-state index is 11.4. The maximum atomic E-state index is 11.4. The standard InChI is InChI=1S/C10H10O2S/c1-5-3-4-7-8(11)10(12)13-9(7)6(5)2/h3-4,10,12H,1-2H3. The fourth-order valence-electron chi connectivity index (χ4n) is 1.43. The van der Waals surface area contributed by atoms with E-state index in [0.717, 1.165) is 16.0 Å². The maximum Gasteiger partial charge on any atom is 0.203 e. The molecule has 0 bridgehead atoms. The Morgan fingerprint density at radius 1 is 1.38 bits per heavy atom. The van der Waals surface area contributed by atoms with Gasteiger partial charge in [0.05, 0.1) is 0 Å². The van der Waals surface area contributed by atoms with Crippen LogP contribution in [0.4, 0.5) is 0 Å². The predicted molar refractivity (Wildman–Crippen MR) is 52.1 cm³/mol. The number of fused-ring (bicyclic) bond motifs is 1. The summed E-state index contributed by atoms with van der Waals surface area (Å²) in [5.41, 5.74) is 2.04. The van der Waals surface area contributed by atoms with Crippen LogP contribution in [0.1, 0.15) is 21.5 Å². The molecule has 1 atom stereocenters. The smallest absolute Gasteiger partial charge is 0.203 e. The number of hydrogen-bond donors (Lipinski definition) is 1. The number of rotatable bonds is 0. The number of carbonyl (C=O) groups excluding carboxylic acids is 1. The van der Waals surface area contributed by atoms with Crippen molar-refractivity contribution >= 4 is 17.5 Å². The van der Waals surface area contributed by atoms with E-state index < -0.39 is 5.44 Å². The molecule has 0 radical (unpaired) electrons. The molecule has 1 unspecified atom stereocenters. The molecule has 1 aliphatic heterocycles. The molecule has 0 spiro atoms. The van der Waals surface area contributed by atoms with Crippen molar-refractivity contribution in [3.05, 3.63) is 28.8 Å². The highest BCUT2D eigenvalue weighted by molar-refractivity contribution is 8.01. The summed E-state index contributed by atoms with van der Waals surface area (Å²) in [6, 6.07) is 3.72. The molecule has 2 nitrogen and oxygen atoms in total. The van der Waals surface area contributed by atoms with E-state index in [1.807, 2.05) is 19.9 Å². The third-order valence-corrected chi connectivity index (χ3v) is 3.60. The molecule has 1 heterocycles. The molecular formula is C10H10O2S. The van der Waals surface area contributed by atoms with Crippen LogP contribution in [0, 0.1) is 13.8 Å². The van der Waals surface area contributed by atoms with Crippen LogP contribution in [-0.2, 0) is 0 Å². The van der Waals surface area contributed by atoms with Crippen LogP contribution >= 0.6 is 11.8 Å². The van der Waals surface area contributed by atoms with Crippen LogP contribution in [0.2, 0.25) is 0 Å². The van der Waals surface area contributed by atoms with Crippen LogP contribution < -0.4 is 0 Å². The van der Waals surface area contributed by atoms with E-state index in [4.69, 9.17) is 0 Å². The molecule has 0 fully saturated rings. The van der Waals surface area contributed by atoms with Gasteiger partial charge in [-0.25, -0.2) is 0 Å². The lowest BCUT2D eigenvalue weighted by Gasteiger charge is -2.04. The Bertz CT molecular complexity index is 385. The Kier molecular flexibility index (Phi) is 1.93. The molecule has 0 aromatic heterocycles. The summed E-state index contributed by atoms with van der Waals surface area (Å²) in [6.45, 7) is 3.98. The molecule has 3 heteroatoms. The number of aliphatic hydroxyl groups is 1. The Morgan fingerprint density at radius 3 is 2.77 bits per heavy atom. The number of hydrogen-bond acceptors (Lipinski definition) is 3. The van der Waals surface area contributed by atoms with Gasteiger partial charge in [0.2, 0.25) is 5.78 Å². The minimum Gasteiger partial charge on any atom is -0.374 e. The highest BCUT2D eigenvalue weighted by Crippen LogP contribution is 2.38. The fourth-order valence-corrected chi connectivity index (χ4v) is 2.52. The van der Waals surface area contributed by atoms with Crippen molar-refractivity contribution in [1.29, 1.82) is 0 Å². The van der Waals surface area contributed by atoms with E-state index in [1.165, 1.54) is 11.8 Å². The van der Waals surface area contributed by atoms with Crippen molar-refractivity contribution in [2.24, 2.45) is 0 Å². The van der Waals surface area contributed by atoms with Crippen molar-refractivity contribution in [3.63, 3.8) is 0 Å². The van der Waals surface area contributed by atoms with Gasteiger partial charge in [-0.1, -0.05) is 17.8 Å². The van der Waals surface area contributed by atoms with Crippen LogP contribution in [0.15, 0.2) is 17.0 Å². The van der Waals surface area contributed by atoms with Gasteiger partial charge in [-0.05, 0) is 31.0 Å². The molecule has 1 aromatic rings. The van der Waals surface area contributed by atoms with Gasteiger partial charge in [0, 0.05) is 10.5 Å². The molecule has 0 aliphatic carbocycles. The van der Waals surface area contributed by atoms with Gasteiger partial charge in [-0.3, -0.25) is 4.79 Å². The van der Waals surface area contributed by atoms with E-state index in [-0.39, 0.29) is 5.78 Å². The first-order chi connectivity index (χ1) is 6.11. The SMILES string of the molecule is Cc1ccc2c(c1C)SC(O)C2=O. The Morgan fingerprint density at radius 2 is 2.08 bits per heavy atom. The van der Waals surface area contributed by atoms with Gasteiger partial charge in [0.25, 0.3) is 0 Å². The number of carbonyl (C=O) groups is 1. The number of aryl methyl sites for hydroxylation is 1. The van der Waals surface area contributed by atoms with Crippen molar-refractivity contribution in [2.75, 3.05) is 0 Å². The molecule has 13 heavy (non-hydrogen) atoms. The van der Waals surface area contributed by atoms with Crippen LogP contribution in [0.25, 0.3) is 0 Å². The lowest BCUT2D eigenvalue weighted by molar-refractivity contribution is 0.0875. The third kappa shape index (κ3) is 1.19. The second-order valence-corrected chi connectivity index (χ2v) is 4.31. The van der Waals surface area contributed by atoms with Gasteiger partial charge >= 0.3 is 0 Å². The zero-order valence-electron chi connectivity index (χ0n) is 7.50. The summed E-state index contributed by atoms with van der Waals surface area (Å²) in [5, 5.41) is 9.35. The topological polar surface area (TPSA) is 37.3 Å². The van der Waals surface area contributed by atoms with E-state index in [9.17, 15) is 9.90 Å². The minimum atomic E-state index is -0.893. The number of Topliss-reactive ketones (excluding diaryl/α,β-unsaturated/α-hetero) is 1. The summed E-state index contributed by atoms with van der Waals surface area (Å²) in [5.74, 6) is -0.164. The summed E-state index contributed by atoms with van der Waals surface area (Å²) in [7, 11) is 0. The molecule has 1 aromatic carbocycles. The largest absolute Gasteiger partial charge is 0.374 e. The minimum absolute atomic E-state index is 0.164. The number of benzene rings is 1. The van der Waals surface area contributed by atoms with E-state index in [1.54, 1.807) is 6.07 Å². The molecule has 0 amide bonds. The molecular weight excluding hydrogens is 184 g/mol. The second kappa shape index (κ2) is 2.86. The van der Waals surface area contributed by atoms with Gasteiger partial charge in [-0.2, -0.15) is 0 Å². The predicted octanol–water partition coefficient (Wildman–Crippen LogP) is 1.91. The molecule has 1 aliphatic rings. The van der Waals surface area contributed by atoms with Gasteiger partial charge in [0.1, 0.15) is 0 Å². The normalized spacial score (nSPS) is 20.5. The van der Waals surface area contributed by atoms with Crippen molar-refractivity contribution < 1.29 is 9.90 Å². The zero-order valence-corrected chi connectivity index (χ0v) is 8.31. The number of aliphatic hydroxyl groups excluding tert-OH is 1. The van der Waals surface area contributed by atoms with Gasteiger partial charge in [0.15, 0.2) is 5.44 Å². The lowest BCUT2D eigenvalue weighted by atomic mass is 10.0. The van der Waals surface area contributed by atoms with Gasteiger partial charge < -0.3 is 5.11 Å². The molecule has 2 rings (SSSR count). The number of ketones is 1. The Hall–Kier alpha value is -0.800. The monoisotopic (exact) mass is 194 g/mol. The van der Waals surface area contributed by atoms with E-state index in [0.29, 0.717) is 5.56 Å². The second-order valence-electron chi connectivity index (χ2n) is 3.22. The van der Waals surface area contributed by atoms with Crippen molar-refractivity contribution in [2.45, 2.75) is 24.2 Å². The summed E-state index contributed by atoms with van der Waals surface area (Å²) in [6.07, 6.45) is 0. The van der Waals surface area contributed by atoms with Crippen LogP contribution in [0.3, 0.4) is 0 Å². The lowest BCUT2D eigenvalue weighted by Crippen LogP contribution is -2.09. The van der Waals surface area contributed by atoms with Gasteiger partial charge in [-0.15, -0.1) is 0 Å². The van der Waals surface area contributed by atoms with Crippen molar-refractivity contribution in [1.82, 2.24) is 0 Å². The Balaban J connectivity index is 2.64. The summed E-state index contributed by atoms with van der Waals surface area (Å²) in [4.78, 5) is 12.3. The van der Waals surface area contributed by atoms with Crippen molar-refractivity contribution in [3.8, 4) is 0 Å². The first-order valence-corrected chi connectivity index (χ1v) is 4.98. The fraction of sp³-hybridized carbons (Fsp3) is 0.300. The Labute approximate surface area is 81.0 Å². The first kappa shape index (κ1) is 8.78. The highest BCUT2D eigenvalue weighted by Gasteiger charge is 2.30. The summed E-state index contributed by atoms with van der Waals surface area (Å²) >= 11 is 1.25.